The van der Waals surface area contributed by atoms with Crippen molar-refractivity contribution in [2.75, 3.05) is 20.1 Å². The number of rotatable bonds is 5. The maximum absolute atomic E-state index is 11.9. The summed E-state index contributed by atoms with van der Waals surface area (Å²) in [5.41, 5.74) is 0.606. The lowest BCUT2D eigenvalue weighted by Gasteiger charge is -2.13. The van der Waals surface area contributed by atoms with Gasteiger partial charge in [-0.2, -0.15) is 0 Å². The van der Waals surface area contributed by atoms with Gasteiger partial charge in [-0.25, -0.2) is 0 Å². The standard InChI is InChI=1S/C12H15BrClNO/c1-3-15(2)7-6-12(16)10-5-4-9(13)8-11(10)14/h4-5,8H,3,6-7H2,1-2H3. The van der Waals surface area contributed by atoms with Crippen molar-refractivity contribution in [3.63, 3.8) is 0 Å². The van der Waals surface area contributed by atoms with E-state index >= 15 is 0 Å². The molecule has 0 aliphatic rings. The van der Waals surface area contributed by atoms with Crippen molar-refractivity contribution in [2.45, 2.75) is 13.3 Å². The van der Waals surface area contributed by atoms with Crippen molar-refractivity contribution in [2.24, 2.45) is 0 Å². The minimum absolute atomic E-state index is 0.0952. The molecule has 0 amide bonds. The molecule has 4 heteroatoms. The maximum Gasteiger partial charge on any atom is 0.165 e. The molecule has 0 atom stereocenters. The normalized spacial score (nSPS) is 10.8. The number of halogens is 2. The lowest BCUT2D eigenvalue weighted by atomic mass is 10.1. The molecule has 0 radical (unpaired) electrons. The average molecular weight is 305 g/mol. The molecule has 0 spiro atoms. The highest BCUT2D eigenvalue weighted by atomic mass is 79.9. The fraction of sp³-hybridized carbons (Fsp3) is 0.417. The highest BCUT2D eigenvalue weighted by molar-refractivity contribution is 9.10. The Balaban J connectivity index is 2.66. The number of ketones is 1. The van der Waals surface area contributed by atoms with Crippen LogP contribution in [0, 0.1) is 0 Å². The van der Waals surface area contributed by atoms with Crippen LogP contribution in [0.15, 0.2) is 22.7 Å². The SMILES string of the molecule is CCN(C)CCC(=O)c1ccc(Br)cc1Cl. The van der Waals surface area contributed by atoms with Crippen LogP contribution in [0.25, 0.3) is 0 Å². The van der Waals surface area contributed by atoms with E-state index in [4.69, 9.17) is 11.6 Å². The molecule has 0 bridgehead atoms. The van der Waals surface area contributed by atoms with Gasteiger partial charge in [-0.3, -0.25) is 4.79 Å². The lowest BCUT2D eigenvalue weighted by molar-refractivity contribution is 0.0970. The Morgan fingerprint density at radius 2 is 2.19 bits per heavy atom. The van der Waals surface area contributed by atoms with Crippen molar-refractivity contribution in [3.05, 3.63) is 33.3 Å². The van der Waals surface area contributed by atoms with Crippen molar-refractivity contribution in [3.8, 4) is 0 Å². The van der Waals surface area contributed by atoms with Gasteiger partial charge in [-0.05, 0) is 31.8 Å². The van der Waals surface area contributed by atoms with E-state index in [1.165, 1.54) is 0 Å². The second-order valence-corrected chi connectivity index (χ2v) is 5.02. The van der Waals surface area contributed by atoms with E-state index in [0.29, 0.717) is 17.0 Å². The third-order valence-corrected chi connectivity index (χ3v) is 3.30. The van der Waals surface area contributed by atoms with E-state index in [2.05, 4.69) is 27.8 Å². The molecule has 0 unspecified atom stereocenters. The van der Waals surface area contributed by atoms with Crippen LogP contribution in [0.2, 0.25) is 5.02 Å². The van der Waals surface area contributed by atoms with Gasteiger partial charge in [0.1, 0.15) is 0 Å². The van der Waals surface area contributed by atoms with Crippen LogP contribution >= 0.6 is 27.5 Å². The zero-order valence-corrected chi connectivity index (χ0v) is 11.8. The number of carbonyl (C=O) groups is 1. The summed E-state index contributed by atoms with van der Waals surface area (Å²) in [4.78, 5) is 14.0. The number of benzene rings is 1. The molecule has 1 rings (SSSR count). The third kappa shape index (κ3) is 3.89. The first kappa shape index (κ1) is 13.7. The first-order chi connectivity index (χ1) is 7.54. The Labute approximate surface area is 110 Å². The number of carbonyl (C=O) groups excluding carboxylic acids is 1. The lowest BCUT2D eigenvalue weighted by Crippen LogP contribution is -2.21. The summed E-state index contributed by atoms with van der Waals surface area (Å²) in [5.74, 6) is 0.0952. The van der Waals surface area contributed by atoms with Crippen LogP contribution in [0.5, 0.6) is 0 Å². The highest BCUT2D eigenvalue weighted by Gasteiger charge is 2.11. The summed E-state index contributed by atoms with van der Waals surface area (Å²) in [6.45, 7) is 3.78. The van der Waals surface area contributed by atoms with E-state index in [0.717, 1.165) is 17.6 Å². The molecular weight excluding hydrogens is 289 g/mol. The predicted molar refractivity (Wildman–Crippen MR) is 71.3 cm³/mol. The van der Waals surface area contributed by atoms with Gasteiger partial charge in [0.15, 0.2) is 5.78 Å². The topological polar surface area (TPSA) is 20.3 Å². The van der Waals surface area contributed by atoms with E-state index in [1.807, 2.05) is 13.1 Å². The zero-order valence-electron chi connectivity index (χ0n) is 9.46. The zero-order chi connectivity index (χ0) is 12.1. The summed E-state index contributed by atoms with van der Waals surface area (Å²) in [7, 11) is 2.00. The molecule has 0 N–H and O–H groups in total. The van der Waals surface area contributed by atoms with Gasteiger partial charge in [0, 0.05) is 23.0 Å². The molecule has 0 aliphatic heterocycles. The van der Waals surface area contributed by atoms with Crippen LogP contribution < -0.4 is 0 Å². The molecule has 1 aromatic carbocycles. The molecule has 0 aromatic heterocycles. The van der Waals surface area contributed by atoms with Crippen molar-refractivity contribution in [1.82, 2.24) is 4.90 Å². The van der Waals surface area contributed by atoms with Crippen molar-refractivity contribution < 1.29 is 4.79 Å². The Morgan fingerprint density at radius 3 is 2.75 bits per heavy atom. The van der Waals surface area contributed by atoms with Crippen molar-refractivity contribution in [1.29, 1.82) is 0 Å². The fourth-order valence-electron chi connectivity index (χ4n) is 1.30. The van der Waals surface area contributed by atoms with Gasteiger partial charge in [-0.1, -0.05) is 34.5 Å². The summed E-state index contributed by atoms with van der Waals surface area (Å²) in [6, 6.07) is 5.35. The van der Waals surface area contributed by atoms with E-state index in [9.17, 15) is 4.79 Å². The number of nitrogens with zero attached hydrogens (tertiary/aromatic N) is 1. The Hall–Kier alpha value is -0.380. The molecule has 2 nitrogen and oxygen atoms in total. The van der Waals surface area contributed by atoms with Crippen LogP contribution in [0.3, 0.4) is 0 Å². The number of hydrogen-bond acceptors (Lipinski definition) is 2. The van der Waals surface area contributed by atoms with E-state index in [-0.39, 0.29) is 5.78 Å². The molecule has 0 saturated carbocycles. The molecule has 88 valence electrons. The Morgan fingerprint density at radius 1 is 1.50 bits per heavy atom. The van der Waals surface area contributed by atoms with Gasteiger partial charge in [0.2, 0.25) is 0 Å². The van der Waals surface area contributed by atoms with Gasteiger partial charge in [0.05, 0.1) is 5.02 Å². The summed E-state index contributed by atoms with van der Waals surface area (Å²) < 4.78 is 0.889. The van der Waals surface area contributed by atoms with Crippen molar-refractivity contribution >= 4 is 33.3 Å². The smallest absolute Gasteiger partial charge is 0.165 e. The minimum Gasteiger partial charge on any atom is -0.306 e. The summed E-state index contributed by atoms with van der Waals surface area (Å²) in [5, 5.41) is 0.513. The number of hydrogen-bond donors (Lipinski definition) is 0. The van der Waals surface area contributed by atoms with Gasteiger partial charge in [-0.15, -0.1) is 0 Å². The van der Waals surface area contributed by atoms with E-state index < -0.39 is 0 Å². The summed E-state index contributed by atoms with van der Waals surface area (Å²) >= 11 is 9.32. The molecule has 0 saturated heterocycles. The predicted octanol–water partition coefficient (Wildman–Crippen LogP) is 3.63. The van der Waals surface area contributed by atoms with Crippen LogP contribution in [0.1, 0.15) is 23.7 Å². The van der Waals surface area contributed by atoms with E-state index in [1.54, 1.807) is 12.1 Å². The number of Topliss-reactive ketones (excluding diaryl/α,β-unsaturated/α-hetero) is 1. The molecule has 16 heavy (non-hydrogen) atoms. The Kier molecular flexibility index (Phi) is 5.46. The minimum atomic E-state index is 0.0952. The summed E-state index contributed by atoms with van der Waals surface area (Å²) in [6.07, 6.45) is 0.506. The second kappa shape index (κ2) is 6.38. The Bertz CT molecular complexity index is 381. The molecule has 0 fully saturated rings. The second-order valence-electron chi connectivity index (χ2n) is 3.69. The quantitative estimate of drug-likeness (QED) is 0.774. The van der Waals surface area contributed by atoms with Crippen LogP contribution in [-0.4, -0.2) is 30.8 Å². The fourth-order valence-corrected chi connectivity index (χ4v) is 2.08. The first-order valence-corrected chi connectivity index (χ1v) is 6.38. The highest BCUT2D eigenvalue weighted by Crippen LogP contribution is 2.22. The molecule has 0 heterocycles. The molecule has 0 aliphatic carbocycles. The van der Waals surface area contributed by atoms with Gasteiger partial charge < -0.3 is 4.90 Å². The van der Waals surface area contributed by atoms with Gasteiger partial charge >= 0.3 is 0 Å². The monoisotopic (exact) mass is 303 g/mol. The average Bonchev–Trinajstić information content (AvgIpc) is 2.25. The molecule has 1 aromatic rings. The van der Waals surface area contributed by atoms with Crippen LogP contribution in [0.4, 0.5) is 0 Å². The first-order valence-electron chi connectivity index (χ1n) is 5.21. The van der Waals surface area contributed by atoms with Crippen LogP contribution in [-0.2, 0) is 0 Å². The largest absolute Gasteiger partial charge is 0.306 e. The third-order valence-electron chi connectivity index (χ3n) is 2.49. The van der Waals surface area contributed by atoms with Gasteiger partial charge in [0.25, 0.3) is 0 Å². The molecular formula is C12H15BrClNO. The maximum atomic E-state index is 11.9.